The standard InChI is InChI=1S/C12H18N6/c1-2-10-6-5-8-14-11(10)12-15-16-17-18(12)9-4-3-7-13/h5-6,8H,2-4,7,9,13H2,1H3. The molecule has 0 bridgehead atoms. The molecular weight excluding hydrogens is 228 g/mol. The molecule has 18 heavy (non-hydrogen) atoms. The molecule has 0 aliphatic heterocycles. The largest absolute Gasteiger partial charge is 0.330 e. The van der Waals surface area contributed by atoms with Gasteiger partial charge in [-0.3, -0.25) is 4.98 Å². The third-order valence-electron chi connectivity index (χ3n) is 2.84. The molecule has 0 radical (unpaired) electrons. The number of hydrogen-bond acceptors (Lipinski definition) is 5. The quantitative estimate of drug-likeness (QED) is 0.770. The first-order chi connectivity index (χ1) is 8.86. The highest BCUT2D eigenvalue weighted by atomic mass is 15.5. The van der Waals surface area contributed by atoms with E-state index in [4.69, 9.17) is 5.73 Å². The molecule has 0 amide bonds. The van der Waals surface area contributed by atoms with Gasteiger partial charge in [-0.15, -0.1) is 5.10 Å². The van der Waals surface area contributed by atoms with Crippen molar-refractivity contribution in [3.8, 4) is 11.5 Å². The van der Waals surface area contributed by atoms with Gasteiger partial charge in [0.25, 0.3) is 0 Å². The molecule has 6 heteroatoms. The molecule has 0 saturated heterocycles. The first-order valence-electron chi connectivity index (χ1n) is 6.27. The lowest BCUT2D eigenvalue weighted by molar-refractivity contribution is 0.548. The van der Waals surface area contributed by atoms with Gasteiger partial charge in [-0.25, -0.2) is 4.68 Å². The third-order valence-corrected chi connectivity index (χ3v) is 2.84. The zero-order valence-corrected chi connectivity index (χ0v) is 10.6. The smallest absolute Gasteiger partial charge is 0.200 e. The number of nitrogens with two attached hydrogens (primary N) is 1. The van der Waals surface area contributed by atoms with Crippen LogP contribution in [-0.2, 0) is 13.0 Å². The minimum Gasteiger partial charge on any atom is -0.330 e. The first kappa shape index (κ1) is 12.6. The molecule has 2 heterocycles. The van der Waals surface area contributed by atoms with Gasteiger partial charge in [0, 0.05) is 12.7 Å². The van der Waals surface area contributed by atoms with E-state index in [1.165, 1.54) is 0 Å². The van der Waals surface area contributed by atoms with E-state index in [1.807, 2.05) is 6.07 Å². The second kappa shape index (κ2) is 6.20. The fraction of sp³-hybridized carbons (Fsp3) is 0.500. The Labute approximate surface area is 106 Å². The van der Waals surface area contributed by atoms with Crippen LogP contribution in [0.15, 0.2) is 18.3 Å². The Balaban J connectivity index is 2.25. The molecule has 2 rings (SSSR count). The van der Waals surface area contributed by atoms with Crippen molar-refractivity contribution >= 4 is 0 Å². The summed E-state index contributed by atoms with van der Waals surface area (Å²) in [7, 11) is 0. The summed E-state index contributed by atoms with van der Waals surface area (Å²) in [6, 6.07) is 3.99. The number of aryl methyl sites for hydroxylation is 2. The van der Waals surface area contributed by atoms with Crippen molar-refractivity contribution in [1.29, 1.82) is 0 Å². The Bertz CT molecular complexity index is 493. The summed E-state index contributed by atoms with van der Waals surface area (Å²) in [5.41, 5.74) is 7.52. The predicted octanol–water partition coefficient (Wildman–Crippen LogP) is 1.04. The molecule has 6 nitrogen and oxygen atoms in total. The predicted molar refractivity (Wildman–Crippen MR) is 68.7 cm³/mol. The van der Waals surface area contributed by atoms with Crippen molar-refractivity contribution in [1.82, 2.24) is 25.2 Å². The summed E-state index contributed by atoms with van der Waals surface area (Å²) in [4.78, 5) is 4.39. The van der Waals surface area contributed by atoms with E-state index in [-0.39, 0.29) is 0 Å². The van der Waals surface area contributed by atoms with E-state index < -0.39 is 0 Å². The molecule has 0 spiro atoms. The Morgan fingerprint density at radius 1 is 1.33 bits per heavy atom. The molecule has 0 aliphatic rings. The van der Waals surface area contributed by atoms with Crippen molar-refractivity contribution in [2.24, 2.45) is 5.73 Å². The maximum atomic E-state index is 5.49. The Hall–Kier alpha value is -1.82. The molecule has 0 unspecified atom stereocenters. The van der Waals surface area contributed by atoms with Crippen LogP contribution in [0, 0.1) is 0 Å². The highest BCUT2D eigenvalue weighted by molar-refractivity contribution is 5.54. The fourth-order valence-corrected chi connectivity index (χ4v) is 1.86. The van der Waals surface area contributed by atoms with Gasteiger partial charge < -0.3 is 5.73 Å². The average molecular weight is 246 g/mol. The second-order valence-corrected chi connectivity index (χ2v) is 4.09. The van der Waals surface area contributed by atoms with Gasteiger partial charge in [0.2, 0.25) is 5.82 Å². The van der Waals surface area contributed by atoms with Crippen LogP contribution in [0.5, 0.6) is 0 Å². The lowest BCUT2D eigenvalue weighted by atomic mass is 10.1. The van der Waals surface area contributed by atoms with E-state index in [9.17, 15) is 0 Å². The molecule has 2 aromatic rings. The van der Waals surface area contributed by atoms with Crippen LogP contribution < -0.4 is 5.73 Å². The molecule has 0 aliphatic carbocycles. The monoisotopic (exact) mass is 246 g/mol. The number of hydrogen-bond donors (Lipinski definition) is 1. The number of rotatable bonds is 6. The molecule has 2 aromatic heterocycles. The number of tetrazole rings is 1. The zero-order valence-electron chi connectivity index (χ0n) is 10.6. The molecule has 0 saturated carbocycles. The van der Waals surface area contributed by atoms with Gasteiger partial charge in [-0.2, -0.15) is 0 Å². The number of nitrogens with zero attached hydrogens (tertiary/aromatic N) is 5. The van der Waals surface area contributed by atoms with Crippen LogP contribution in [0.1, 0.15) is 25.3 Å². The van der Waals surface area contributed by atoms with E-state index in [1.54, 1.807) is 10.9 Å². The van der Waals surface area contributed by atoms with Crippen molar-refractivity contribution in [3.05, 3.63) is 23.9 Å². The summed E-state index contributed by atoms with van der Waals surface area (Å²) in [6.07, 6.45) is 4.64. The van der Waals surface area contributed by atoms with Crippen LogP contribution in [0.4, 0.5) is 0 Å². The van der Waals surface area contributed by atoms with Crippen molar-refractivity contribution in [2.45, 2.75) is 32.7 Å². The number of unbranched alkanes of at least 4 members (excludes halogenated alkanes) is 1. The van der Waals surface area contributed by atoms with Gasteiger partial charge >= 0.3 is 0 Å². The average Bonchev–Trinajstić information content (AvgIpc) is 2.87. The van der Waals surface area contributed by atoms with Gasteiger partial charge in [-0.05, 0) is 47.9 Å². The van der Waals surface area contributed by atoms with Crippen LogP contribution in [0.25, 0.3) is 11.5 Å². The third kappa shape index (κ3) is 2.70. The van der Waals surface area contributed by atoms with E-state index in [0.29, 0.717) is 6.54 Å². The zero-order chi connectivity index (χ0) is 12.8. The molecule has 96 valence electrons. The van der Waals surface area contributed by atoms with Crippen molar-refractivity contribution < 1.29 is 0 Å². The van der Waals surface area contributed by atoms with Crippen LogP contribution in [0.2, 0.25) is 0 Å². The van der Waals surface area contributed by atoms with Crippen molar-refractivity contribution in [2.75, 3.05) is 6.54 Å². The lowest BCUT2D eigenvalue weighted by Crippen LogP contribution is -2.07. The SMILES string of the molecule is CCc1cccnc1-c1nnnn1CCCCN. The van der Waals surface area contributed by atoms with Gasteiger partial charge in [0.05, 0.1) is 0 Å². The lowest BCUT2D eigenvalue weighted by Gasteiger charge is -2.06. The normalized spacial score (nSPS) is 10.8. The minimum atomic E-state index is 0.696. The Kier molecular flexibility index (Phi) is 4.35. The van der Waals surface area contributed by atoms with Crippen LogP contribution in [0.3, 0.4) is 0 Å². The van der Waals surface area contributed by atoms with Crippen molar-refractivity contribution in [3.63, 3.8) is 0 Å². The fourth-order valence-electron chi connectivity index (χ4n) is 1.86. The minimum absolute atomic E-state index is 0.696. The Morgan fingerprint density at radius 2 is 2.22 bits per heavy atom. The maximum Gasteiger partial charge on any atom is 0.200 e. The summed E-state index contributed by atoms with van der Waals surface area (Å²) in [5.74, 6) is 0.740. The van der Waals surface area contributed by atoms with Crippen LogP contribution in [-0.4, -0.2) is 31.7 Å². The van der Waals surface area contributed by atoms with E-state index >= 15 is 0 Å². The summed E-state index contributed by atoms with van der Waals surface area (Å²) < 4.78 is 1.80. The molecule has 0 fully saturated rings. The summed E-state index contributed by atoms with van der Waals surface area (Å²) in [6.45, 7) is 3.57. The molecule has 2 N–H and O–H groups in total. The van der Waals surface area contributed by atoms with Gasteiger partial charge in [0.1, 0.15) is 5.69 Å². The molecule has 0 aromatic carbocycles. The maximum absolute atomic E-state index is 5.49. The molecular formula is C12H18N6. The summed E-state index contributed by atoms with van der Waals surface area (Å²) in [5, 5.41) is 11.8. The highest BCUT2D eigenvalue weighted by Gasteiger charge is 2.13. The second-order valence-electron chi connectivity index (χ2n) is 4.09. The topological polar surface area (TPSA) is 82.5 Å². The molecule has 0 atom stereocenters. The number of pyridine rings is 1. The van der Waals surface area contributed by atoms with Gasteiger partial charge in [-0.1, -0.05) is 13.0 Å². The van der Waals surface area contributed by atoms with Crippen LogP contribution >= 0.6 is 0 Å². The Morgan fingerprint density at radius 3 is 3.00 bits per heavy atom. The summed E-state index contributed by atoms with van der Waals surface area (Å²) >= 11 is 0. The first-order valence-corrected chi connectivity index (χ1v) is 6.27. The highest BCUT2D eigenvalue weighted by Crippen LogP contribution is 2.18. The van der Waals surface area contributed by atoms with Gasteiger partial charge in [0.15, 0.2) is 0 Å². The number of aromatic nitrogens is 5. The van der Waals surface area contributed by atoms with E-state index in [0.717, 1.165) is 42.9 Å². The van der Waals surface area contributed by atoms with E-state index in [2.05, 4.69) is 33.5 Å².